The Labute approximate surface area is 112 Å². The van der Waals surface area contributed by atoms with Crippen molar-refractivity contribution in [3.8, 4) is 5.75 Å². The smallest absolute Gasteiger partial charge is 0.348 e. The zero-order chi connectivity index (χ0) is 14.7. The Morgan fingerprint density at radius 3 is 2.80 bits per heavy atom. The lowest BCUT2D eigenvalue weighted by Gasteiger charge is -1.98. The lowest BCUT2D eigenvalue weighted by molar-refractivity contribution is -0.385. The third-order valence-corrected chi connectivity index (χ3v) is 2.36. The Morgan fingerprint density at radius 1 is 1.50 bits per heavy atom. The number of nitrogens with zero attached hydrogens (tertiary/aromatic N) is 3. The SMILES string of the molecule is Cc1cc(O)c(C=Nc2ccc([N+](=O)[O-])cn2)c(=O)o1. The highest BCUT2D eigenvalue weighted by atomic mass is 16.6. The number of aliphatic imine (C=N–C) groups is 1. The van der Waals surface area contributed by atoms with Gasteiger partial charge in [0.1, 0.15) is 23.3 Å². The summed E-state index contributed by atoms with van der Waals surface area (Å²) >= 11 is 0. The number of aromatic hydroxyl groups is 1. The summed E-state index contributed by atoms with van der Waals surface area (Å²) in [7, 11) is 0. The van der Waals surface area contributed by atoms with Crippen LogP contribution < -0.4 is 5.63 Å². The van der Waals surface area contributed by atoms with Crippen LogP contribution in [0.15, 0.2) is 38.6 Å². The van der Waals surface area contributed by atoms with E-state index in [1.165, 1.54) is 25.1 Å². The largest absolute Gasteiger partial charge is 0.507 e. The van der Waals surface area contributed by atoms with E-state index in [1.54, 1.807) is 0 Å². The van der Waals surface area contributed by atoms with Gasteiger partial charge in [0.25, 0.3) is 5.69 Å². The van der Waals surface area contributed by atoms with Crippen LogP contribution in [0.25, 0.3) is 0 Å². The summed E-state index contributed by atoms with van der Waals surface area (Å²) in [6, 6.07) is 3.84. The van der Waals surface area contributed by atoms with E-state index in [2.05, 4.69) is 9.98 Å². The fourth-order valence-electron chi connectivity index (χ4n) is 1.42. The minimum atomic E-state index is -0.729. The summed E-state index contributed by atoms with van der Waals surface area (Å²) in [5, 5.41) is 20.1. The molecule has 0 atom stereocenters. The molecule has 20 heavy (non-hydrogen) atoms. The van der Waals surface area contributed by atoms with Crippen LogP contribution in [0.1, 0.15) is 11.3 Å². The molecule has 1 N–H and O–H groups in total. The van der Waals surface area contributed by atoms with Crippen molar-refractivity contribution in [1.82, 2.24) is 4.98 Å². The average Bonchev–Trinajstić information content (AvgIpc) is 2.38. The zero-order valence-corrected chi connectivity index (χ0v) is 10.3. The first-order valence-electron chi connectivity index (χ1n) is 5.45. The first-order valence-corrected chi connectivity index (χ1v) is 5.45. The zero-order valence-electron chi connectivity index (χ0n) is 10.3. The highest BCUT2D eigenvalue weighted by Crippen LogP contribution is 2.16. The van der Waals surface area contributed by atoms with Crippen molar-refractivity contribution >= 4 is 17.7 Å². The molecule has 0 aliphatic carbocycles. The van der Waals surface area contributed by atoms with E-state index in [0.717, 1.165) is 12.4 Å². The molecule has 0 unspecified atom stereocenters. The van der Waals surface area contributed by atoms with Gasteiger partial charge >= 0.3 is 5.63 Å². The average molecular weight is 275 g/mol. The van der Waals surface area contributed by atoms with Gasteiger partial charge in [0.2, 0.25) is 0 Å². The van der Waals surface area contributed by atoms with Gasteiger partial charge in [-0.15, -0.1) is 0 Å². The van der Waals surface area contributed by atoms with Crippen LogP contribution in [-0.2, 0) is 0 Å². The fourth-order valence-corrected chi connectivity index (χ4v) is 1.42. The van der Waals surface area contributed by atoms with Crippen LogP contribution in [0.3, 0.4) is 0 Å². The molecule has 0 aromatic carbocycles. The standard InChI is InChI=1S/C12H9N3O5/c1-7-4-10(16)9(12(17)20-7)6-14-11-3-2-8(5-13-11)15(18)19/h2-6,16H,1H3. The highest BCUT2D eigenvalue weighted by Gasteiger charge is 2.08. The Kier molecular flexibility index (Phi) is 3.56. The molecule has 2 rings (SSSR count). The quantitative estimate of drug-likeness (QED) is 0.517. The molecule has 0 spiro atoms. The molecule has 8 nitrogen and oxygen atoms in total. The molecular weight excluding hydrogens is 266 g/mol. The van der Waals surface area contributed by atoms with Crippen molar-refractivity contribution in [2.24, 2.45) is 4.99 Å². The Morgan fingerprint density at radius 2 is 2.25 bits per heavy atom. The third kappa shape index (κ3) is 2.86. The molecule has 0 saturated heterocycles. The lowest BCUT2D eigenvalue weighted by Crippen LogP contribution is -2.07. The summed E-state index contributed by atoms with van der Waals surface area (Å²) in [6.07, 6.45) is 2.14. The van der Waals surface area contributed by atoms with E-state index >= 15 is 0 Å². The van der Waals surface area contributed by atoms with Gasteiger partial charge in [-0.25, -0.2) is 14.8 Å². The molecule has 0 radical (unpaired) electrons. The van der Waals surface area contributed by atoms with Crippen molar-refractivity contribution in [1.29, 1.82) is 0 Å². The van der Waals surface area contributed by atoms with Crippen molar-refractivity contribution in [3.63, 3.8) is 0 Å². The van der Waals surface area contributed by atoms with Gasteiger partial charge in [-0.2, -0.15) is 0 Å². The maximum absolute atomic E-state index is 11.5. The molecule has 2 aromatic heterocycles. The molecule has 0 aliphatic heterocycles. The number of hydrogen-bond acceptors (Lipinski definition) is 7. The number of hydrogen-bond donors (Lipinski definition) is 1. The molecular formula is C12H9N3O5. The molecule has 0 bridgehead atoms. The van der Waals surface area contributed by atoms with Gasteiger partial charge in [0, 0.05) is 18.3 Å². The van der Waals surface area contributed by atoms with E-state index in [9.17, 15) is 20.0 Å². The monoisotopic (exact) mass is 275 g/mol. The van der Waals surface area contributed by atoms with Crippen molar-refractivity contribution in [3.05, 3.63) is 56.3 Å². The highest BCUT2D eigenvalue weighted by molar-refractivity contribution is 5.84. The van der Waals surface area contributed by atoms with Crippen LogP contribution in [0.5, 0.6) is 5.75 Å². The van der Waals surface area contributed by atoms with Gasteiger partial charge in [-0.3, -0.25) is 10.1 Å². The molecule has 8 heteroatoms. The minimum Gasteiger partial charge on any atom is -0.507 e. The van der Waals surface area contributed by atoms with Crippen molar-refractivity contribution in [2.75, 3.05) is 0 Å². The first kappa shape index (κ1) is 13.4. The number of aromatic nitrogens is 1. The second-order valence-electron chi connectivity index (χ2n) is 3.83. The molecule has 102 valence electrons. The molecule has 0 fully saturated rings. The van der Waals surface area contributed by atoms with Crippen LogP contribution in [-0.4, -0.2) is 21.2 Å². The van der Waals surface area contributed by atoms with E-state index in [-0.39, 0.29) is 28.6 Å². The van der Waals surface area contributed by atoms with Gasteiger partial charge in [0.05, 0.1) is 4.92 Å². The molecule has 0 aliphatic rings. The maximum Gasteiger partial charge on any atom is 0.348 e. The second kappa shape index (κ2) is 5.31. The summed E-state index contributed by atoms with van der Waals surface area (Å²) in [5.41, 5.74) is -1.01. The summed E-state index contributed by atoms with van der Waals surface area (Å²) < 4.78 is 4.81. The number of pyridine rings is 1. The summed E-state index contributed by atoms with van der Waals surface area (Å²) in [4.78, 5) is 29.0. The molecule has 2 heterocycles. The van der Waals surface area contributed by atoms with Gasteiger partial charge in [0.15, 0.2) is 5.82 Å². The lowest BCUT2D eigenvalue weighted by atomic mass is 10.2. The Hall–Kier alpha value is -3.03. The third-order valence-electron chi connectivity index (χ3n) is 2.36. The number of nitro groups is 1. The van der Waals surface area contributed by atoms with Crippen LogP contribution >= 0.6 is 0 Å². The normalized spacial score (nSPS) is 10.8. The van der Waals surface area contributed by atoms with Crippen LogP contribution in [0.2, 0.25) is 0 Å². The van der Waals surface area contributed by atoms with Crippen LogP contribution in [0, 0.1) is 17.0 Å². The Bertz CT molecular complexity index is 734. The van der Waals surface area contributed by atoms with E-state index in [1.807, 2.05) is 0 Å². The predicted molar refractivity (Wildman–Crippen MR) is 69.5 cm³/mol. The molecule has 0 saturated carbocycles. The molecule has 0 amide bonds. The van der Waals surface area contributed by atoms with Gasteiger partial charge < -0.3 is 9.52 Å². The second-order valence-corrected chi connectivity index (χ2v) is 3.83. The van der Waals surface area contributed by atoms with Crippen LogP contribution in [0.4, 0.5) is 11.5 Å². The Balaban J connectivity index is 2.30. The molecule has 2 aromatic rings. The summed E-state index contributed by atoms with van der Waals surface area (Å²) in [6.45, 7) is 1.53. The number of aryl methyl sites for hydroxylation is 1. The summed E-state index contributed by atoms with van der Waals surface area (Å²) in [5.74, 6) is 0.178. The van der Waals surface area contributed by atoms with E-state index in [4.69, 9.17) is 4.42 Å². The van der Waals surface area contributed by atoms with Gasteiger partial charge in [-0.05, 0) is 13.0 Å². The topological polar surface area (TPSA) is 119 Å². The van der Waals surface area contributed by atoms with Gasteiger partial charge in [-0.1, -0.05) is 0 Å². The number of rotatable bonds is 3. The van der Waals surface area contributed by atoms with Crippen molar-refractivity contribution < 1.29 is 14.4 Å². The predicted octanol–water partition coefficient (Wildman–Crippen LogP) is 1.71. The maximum atomic E-state index is 11.5. The fraction of sp³-hybridized carbons (Fsp3) is 0.0833. The van der Waals surface area contributed by atoms with E-state index in [0.29, 0.717) is 0 Å². The minimum absolute atomic E-state index is 0.115. The first-order chi connectivity index (χ1) is 9.47. The van der Waals surface area contributed by atoms with E-state index < -0.39 is 10.5 Å². The van der Waals surface area contributed by atoms with Crippen molar-refractivity contribution in [2.45, 2.75) is 6.92 Å².